The molecule has 7 atom stereocenters. The molecular weight excluding hydrogens is 408 g/mol. The highest BCUT2D eigenvalue weighted by Gasteiger charge is 2.47. The molecule has 32 heavy (non-hydrogen) atoms. The minimum absolute atomic E-state index is 0.0356. The minimum Gasteiger partial charge on any atom is -0.342 e. The van der Waals surface area contributed by atoms with Crippen LogP contribution in [0, 0.1) is 29.6 Å². The Morgan fingerprint density at radius 1 is 1.03 bits per heavy atom. The summed E-state index contributed by atoms with van der Waals surface area (Å²) in [5, 5.41) is 15.2. The summed E-state index contributed by atoms with van der Waals surface area (Å²) in [6, 6.07) is 0.282. The molecule has 4 rings (SSSR count). The van der Waals surface area contributed by atoms with Crippen molar-refractivity contribution in [2.45, 2.75) is 70.7 Å². The molecule has 0 aromatic carbocycles. The Hall–Kier alpha value is -1.71. The summed E-state index contributed by atoms with van der Waals surface area (Å²) in [7, 11) is 1.96. The van der Waals surface area contributed by atoms with Crippen molar-refractivity contribution in [2.75, 3.05) is 26.7 Å². The van der Waals surface area contributed by atoms with Crippen molar-refractivity contribution in [2.24, 2.45) is 29.6 Å². The summed E-state index contributed by atoms with van der Waals surface area (Å²) in [6.45, 7) is 7.01. The van der Waals surface area contributed by atoms with Gasteiger partial charge in [-0.05, 0) is 76.3 Å². The summed E-state index contributed by atoms with van der Waals surface area (Å²) in [5.41, 5.74) is 0. The normalized spacial score (nSPS) is 38.7. The second kappa shape index (κ2) is 10.1. The van der Waals surface area contributed by atoms with Crippen molar-refractivity contribution in [1.29, 1.82) is 0 Å². The number of imide groups is 1. The Bertz CT molecular complexity index is 712. The topological polar surface area (TPSA) is 115 Å². The van der Waals surface area contributed by atoms with Crippen molar-refractivity contribution in [3.63, 3.8) is 0 Å². The largest absolute Gasteiger partial charge is 0.342 e. The van der Waals surface area contributed by atoms with Gasteiger partial charge in [0, 0.05) is 37.5 Å². The van der Waals surface area contributed by atoms with Crippen molar-refractivity contribution >= 4 is 17.8 Å². The van der Waals surface area contributed by atoms with E-state index in [0.29, 0.717) is 30.3 Å². The predicted octanol–water partition coefficient (Wildman–Crippen LogP) is 0.576. The van der Waals surface area contributed by atoms with Crippen LogP contribution in [0.4, 0.5) is 4.79 Å². The third-order valence-corrected chi connectivity index (χ3v) is 8.29. The first-order valence-electron chi connectivity index (χ1n) is 12.4. The number of carbonyl (C=O) groups excluding carboxylic acids is 3. The van der Waals surface area contributed by atoms with E-state index in [1.54, 1.807) is 0 Å². The van der Waals surface area contributed by atoms with Gasteiger partial charge >= 0.3 is 6.03 Å². The summed E-state index contributed by atoms with van der Waals surface area (Å²) in [4.78, 5) is 40.5. The molecule has 7 unspecified atom stereocenters. The molecule has 1 aliphatic carbocycles. The number of nitrogens with one attached hydrogen (secondary N) is 5. The number of urea groups is 1. The average Bonchev–Trinajstić information content (AvgIpc) is 2.77. The summed E-state index contributed by atoms with van der Waals surface area (Å²) in [6.07, 6.45) is 4.94. The zero-order valence-corrected chi connectivity index (χ0v) is 19.7. The standard InChI is InChI=1S/C23H40N6O3/c1-13-5-6-15(20(30)27-23(32)28-22-24-7-4-8-25-22)10-17(13)18-11-16-12-26-14(2)9-19(16)29(3)21(18)31/h13-19,22,24-26H,4-12H2,1-3H3,(H2,27,28,30,32). The predicted molar refractivity (Wildman–Crippen MR) is 121 cm³/mol. The molecule has 9 nitrogen and oxygen atoms in total. The van der Waals surface area contributed by atoms with Crippen LogP contribution in [0.1, 0.15) is 52.4 Å². The van der Waals surface area contributed by atoms with Gasteiger partial charge in [-0.25, -0.2) is 4.79 Å². The molecule has 3 saturated heterocycles. The van der Waals surface area contributed by atoms with E-state index in [0.717, 1.165) is 51.7 Å². The molecular formula is C23H40N6O3. The molecule has 0 radical (unpaired) electrons. The number of piperidine rings is 2. The summed E-state index contributed by atoms with van der Waals surface area (Å²) < 4.78 is 0. The summed E-state index contributed by atoms with van der Waals surface area (Å²) >= 11 is 0. The van der Waals surface area contributed by atoms with Gasteiger partial charge in [-0.2, -0.15) is 0 Å². The lowest BCUT2D eigenvalue weighted by Crippen LogP contribution is -2.61. The maximum Gasteiger partial charge on any atom is 0.323 e. The first-order valence-corrected chi connectivity index (χ1v) is 12.4. The number of rotatable bonds is 3. The highest BCUT2D eigenvalue weighted by Crippen LogP contribution is 2.44. The number of hydrogen-bond donors (Lipinski definition) is 5. The lowest BCUT2D eigenvalue weighted by atomic mass is 9.64. The molecule has 4 amide bonds. The first-order chi connectivity index (χ1) is 15.3. The lowest BCUT2D eigenvalue weighted by Gasteiger charge is -2.50. The fraction of sp³-hybridized carbons (Fsp3) is 0.870. The third-order valence-electron chi connectivity index (χ3n) is 8.29. The molecule has 9 heteroatoms. The average molecular weight is 449 g/mol. The number of amides is 4. The van der Waals surface area contributed by atoms with Crippen LogP contribution in [0.3, 0.4) is 0 Å². The van der Waals surface area contributed by atoms with Gasteiger partial charge in [0.2, 0.25) is 11.8 Å². The van der Waals surface area contributed by atoms with Gasteiger partial charge in [0.15, 0.2) is 0 Å². The highest BCUT2D eigenvalue weighted by molar-refractivity contribution is 5.95. The van der Waals surface area contributed by atoms with E-state index >= 15 is 0 Å². The highest BCUT2D eigenvalue weighted by atomic mass is 16.2. The monoisotopic (exact) mass is 448 g/mol. The van der Waals surface area contributed by atoms with Crippen LogP contribution in [0.15, 0.2) is 0 Å². The first kappa shape index (κ1) is 23.4. The zero-order chi connectivity index (χ0) is 22.8. The molecule has 5 N–H and O–H groups in total. The maximum absolute atomic E-state index is 13.3. The SMILES string of the molecule is CC1CC2C(CN1)CC(C1CC(C(=O)NC(=O)NC3NCCCN3)CCC1C)C(=O)N2C. The second-order valence-corrected chi connectivity index (χ2v) is 10.5. The Labute approximate surface area is 191 Å². The van der Waals surface area contributed by atoms with Crippen LogP contribution >= 0.6 is 0 Å². The lowest BCUT2D eigenvalue weighted by molar-refractivity contribution is -0.149. The Morgan fingerprint density at radius 2 is 1.78 bits per heavy atom. The molecule has 3 aliphatic heterocycles. The van der Waals surface area contributed by atoms with E-state index in [9.17, 15) is 14.4 Å². The van der Waals surface area contributed by atoms with Crippen LogP contribution in [0.2, 0.25) is 0 Å². The van der Waals surface area contributed by atoms with E-state index in [1.165, 1.54) is 0 Å². The Balaban J connectivity index is 1.35. The van der Waals surface area contributed by atoms with Crippen LogP contribution in [-0.2, 0) is 9.59 Å². The minimum atomic E-state index is -0.476. The van der Waals surface area contributed by atoms with Gasteiger partial charge in [0.25, 0.3) is 0 Å². The van der Waals surface area contributed by atoms with Crippen LogP contribution in [0.25, 0.3) is 0 Å². The van der Waals surface area contributed by atoms with E-state index in [2.05, 4.69) is 40.4 Å². The summed E-state index contributed by atoms with van der Waals surface area (Å²) in [5.74, 6) is 0.809. The number of nitrogens with zero attached hydrogens (tertiary/aromatic N) is 1. The Kier molecular flexibility index (Phi) is 7.37. The van der Waals surface area contributed by atoms with Gasteiger partial charge in [-0.15, -0.1) is 0 Å². The fourth-order valence-corrected chi connectivity index (χ4v) is 6.34. The number of likely N-dealkylation sites (tertiary alicyclic amines) is 1. The van der Waals surface area contributed by atoms with Gasteiger partial charge in [0.1, 0.15) is 6.29 Å². The molecule has 0 spiro atoms. The Morgan fingerprint density at radius 3 is 2.53 bits per heavy atom. The molecule has 0 aromatic rings. The van der Waals surface area contributed by atoms with Gasteiger partial charge in [-0.3, -0.25) is 25.5 Å². The molecule has 4 aliphatic rings. The maximum atomic E-state index is 13.3. The molecule has 3 heterocycles. The molecule has 0 aromatic heterocycles. The van der Waals surface area contributed by atoms with E-state index in [4.69, 9.17) is 0 Å². The number of fused-ring (bicyclic) bond motifs is 1. The van der Waals surface area contributed by atoms with Crippen molar-refractivity contribution in [3.05, 3.63) is 0 Å². The number of hydrogen-bond acceptors (Lipinski definition) is 6. The van der Waals surface area contributed by atoms with E-state index in [1.807, 2.05) is 11.9 Å². The van der Waals surface area contributed by atoms with Crippen LogP contribution in [-0.4, -0.2) is 67.8 Å². The van der Waals surface area contributed by atoms with Crippen molar-refractivity contribution in [1.82, 2.24) is 31.5 Å². The smallest absolute Gasteiger partial charge is 0.323 e. The fourth-order valence-electron chi connectivity index (χ4n) is 6.34. The van der Waals surface area contributed by atoms with Gasteiger partial charge < -0.3 is 15.5 Å². The molecule has 4 fully saturated rings. The van der Waals surface area contributed by atoms with Crippen LogP contribution in [0.5, 0.6) is 0 Å². The van der Waals surface area contributed by atoms with Crippen molar-refractivity contribution in [3.8, 4) is 0 Å². The van der Waals surface area contributed by atoms with Crippen molar-refractivity contribution < 1.29 is 14.4 Å². The second-order valence-electron chi connectivity index (χ2n) is 10.5. The van der Waals surface area contributed by atoms with Gasteiger partial charge in [0.05, 0.1) is 0 Å². The van der Waals surface area contributed by atoms with E-state index in [-0.39, 0.29) is 35.9 Å². The zero-order valence-electron chi connectivity index (χ0n) is 19.7. The van der Waals surface area contributed by atoms with Crippen LogP contribution < -0.4 is 26.6 Å². The number of carbonyl (C=O) groups is 3. The molecule has 1 saturated carbocycles. The van der Waals surface area contributed by atoms with Gasteiger partial charge in [-0.1, -0.05) is 6.92 Å². The molecule has 0 bridgehead atoms. The third kappa shape index (κ3) is 5.10. The quantitative estimate of drug-likeness (QED) is 0.431. The van der Waals surface area contributed by atoms with E-state index < -0.39 is 6.03 Å². The molecule has 180 valence electrons.